The molecule has 30 heavy (non-hydrogen) atoms. The average Bonchev–Trinajstić information content (AvgIpc) is 2.94. The van der Waals surface area contributed by atoms with Crippen LogP contribution >= 0.6 is 11.6 Å². The lowest BCUT2D eigenvalue weighted by atomic mass is 9.90. The van der Waals surface area contributed by atoms with Gasteiger partial charge in [0.2, 0.25) is 0 Å². The van der Waals surface area contributed by atoms with Gasteiger partial charge in [-0.2, -0.15) is 0 Å². The Morgan fingerprint density at radius 1 is 1.07 bits per heavy atom. The molecule has 6 nitrogen and oxygen atoms in total. The first-order chi connectivity index (χ1) is 14.3. The number of fused-ring (bicyclic) bond motifs is 1. The second-order valence-electron chi connectivity index (χ2n) is 7.39. The third-order valence-corrected chi connectivity index (χ3v) is 5.48. The highest BCUT2D eigenvalue weighted by atomic mass is 35.5. The van der Waals surface area contributed by atoms with E-state index in [9.17, 15) is 14.4 Å². The molecule has 0 bridgehead atoms. The monoisotopic (exact) mass is 422 g/mol. The molecular weight excluding hydrogens is 404 g/mol. The normalized spacial score (nSPS) is 18.6. The Morgan fingerprint density at radius 3 is 2.53 bits per heavy atom. The summed E-state index contributed by atoms with van der Waals surface area (Å²) in [6.07, 6.45) is 0. The minimum atomic E-state index is -1.27. The number of hydrogen-bond donors (Lipinski definition) is 1. The Morgan fingerprint density at radius 2 is 1.80 bits per heavy atom. The van der Waals surface area contributed by atoms with E-state index >= 15 is 0 Å². The molecule has 3 aromatic rings. The number of nitrogens with one attached hydrogen (secondary N) is 1. The van der Waals surface area contributed by atoms with E-state index in [-0.39, 0.29) is 0 Å². The van der Waals surface area contributed by atoms with Gasteiger partial charge in [-0.1, -0.05) is 48.0 Å². The number of esters is 1. The standard InChI is InChI=1S/C23H19ClN2O4/c1-14-11-18(24)9-10-19(14)30-20(27)13-26-21(28)23(2,25-22(26)29)17-8-7-15-5-3-4-6-16(15)12-17/h3-12H,13H2,1-2H3,(H,25,29). The number of benzene rings is 3. The summed E-state index contributed by atoms with van der Waals surface area (Å²) in [7, 11) is 0. The van der Waals surface area contributed by atoms with Crippen LogP contribution in [-0.4, -0.2) is 29.4 Å². The molecule has 3 amide bonds. The van der Waals surface area contributed by atoms with Crippen LogP contribution < -0.4 is 10.1 Å². The van der Waals surface area contributed by atoms with Crippen LogP contribution in [0.2, 0.25) is 5.02 Å². The summed E-state index contributed by atoms with van der Waals surface area (Å²) in [6.45, 7) is 2.89. The number of carbonyl (C=O) groups is 3. The van der Waals surface area contributed by atoms with E-state index in [0.29, 0.717) is 21.9 Å². The van der Waals surface area contributed by atoms with Crippen molar-refractivity contribution in [2.75, 3.05) is 6.54 Å². The van der Waals surface area contributed by atoms with Crippen LogP contribution in [0.4, 0.5) is 4.79 Å². The van der Waals surface area contributed by atoms with Crippen LogP contribution in [0.3, 0.4) is 0 Å². The van der Waals surface area contributed by atoms with Crippen molar-refractivity contribution < 1.29 is 19.1 Å². The van der Waals surface area contributed by atoms with Crippen molar-refractivity contribution in [3.05, 3.63) is 76.8 Å². The molecule has 1 aliphatic rings. The van der Waals surface area contributed by atoms with Crippen LogP contribution in [0, 0.1) is 6.92 Å². The molecule has 4 rings (SSSR count). The fourth-order valence-electron chi connectivity index (χ4n) is 3.55. The van der Waals surface area contributed by atoms with Crippen LogP contribution in [-0.2, 0) is 15.1 Å². The van der Waals surface area contributed by atoms with Crippen molar-refractivity contribution in [1.29, 1.82) is 0 Å². The molecule has 0 aromatic heterocycles. The van der Waals surface area contributed by atoms with E-state index in [1.807, 2.05) is 36.4 Å². The Balaban J connectivity index is 1.54. The van der Waals surface area contributed by atoms with Gasteiger partial charge in [-0.25, -0.2) is 9.59 Å². The summed E-state index contributed by atoms with van der Waals surface area (Å²) in [5.41, 5.74) is 0.0513. The predicted molar refractivity (Wildman–Crippen MR) is 113 cm³/mol. The zero-order chi connectivity index (χ0) is 21.5. The third-order valence-electron chi connectivity index (χ3n) is 5.25. The summed E-state index contributed by atoms with van der Waals surface area (Å²) in [6, 6.07) is 17.5. The van der Waals surface area contributed by atoms with Gasteiger partial charge in [0, 0.05) is 5.02 Å². The fraction of sp³-hybridized carbons (Fsp3) is 0.174. The molecule has 1 unspecified atom stereocenters. The number of carbonyl (C=O) groups excluding carboxylic acids is 3. The van der Waals surface area contributed by atoms with Gasteiger partial charge in [0.15, 0.2) is 0 Å². The maximum absolute atomic E-state index is 13.1. The first-order valence-electron chi connectivity index (χ1n) is 9.38. The number of ether oxygens (including phenoxy) is 1. The van der Waals surface area contributed by atoms with Crippen molar-refractivity contribution >= 4 is 40.3 Å². The number of nitrogens with zero attached hydrogens (tertiary/aromatic N) is 1. The van der Waals surface area contributed by atoms with E-state index in [4.69, 9.17) is 16.3 Å². The summed E-state index contributed by atoms with van der Waals surface area (Å²) in [5.74, 6) is -0.895. The fourth-order valence-corrected chi connectivity index (χ4v) is 3.77. The van der Waals surface area contributed by atoms with Crippen molar-refractivity contribution in [3.63, 3.8) is 0 Å². The number of hydrogen-bond acceptors (Lipinski definition) is 4. The first kappa shape index (κ1) is 19.9. The summed E-state index contributed by atoms with van der Waals surface area (Å²) >= 11 is 5.91. The number of halogens is 1. The summed E-state index contributed by atoms with van der Waals surface area (Å²) in [4.78, 5) is 38.9. The molecule has 1 heterocycles. The molecule has 1 fully saturated rings. The molecule has 0 saturated carbocycles. The number of aryl methyl sites for hydroxylation is 1. The zero-order valence-corrected chi connectivity index (χ0v) is 17.2. The topological polar surface area (TPSA) is 75.7 Å². The lowest BCUT2D eigenvalue weighted by Crippen LogP contribution is -2.42. The Bertz CT molecular complexity index is 1190. The molecule has 1 atom stereocenters. The largest absolute Gasteiger partial charge is 0.425 e. The molecule has 1 saturated heterocycles. The van der Waals surface area contributed by atoms with Crippen LogP contribution in [0.5, 0.6) is 5.75 Å². The van der Waals surface area contributed by atoms with Gasteiger partial charge in [0.25, 0.3) is 5.91 Å². The molecule has 7 heteroatoms. The number of imide groups is 1. The van der Waals surface area contributed by atoms with Crippen LogP contribution in [0.25, 0.3) is 10.8 Å². The maximum atomic E-state index is 13.1. The van der Waals surface area contributed by atoms with Gasteiger partial charge >= 0.3 is 12.0 Å². The highest BCUT2D eigenvalue weighted by Gasteiger charge is 2.49. The molecule has 0 aliphatic carbocycles. The van der Waals surface area contributed by atoms with Gasteiger partial charge in [-0.15, -0.1) is 0 Å². The average molecular weight is 423 g/mol. The molecule has 0 spiro atoms. The van der Waals surface area contributed by atoms with E-state index in [1.54, 1.807) is 38.1 Å². The van der Waals surface area contributed by atoms with Crippen molar-refractivity contribution in [1.82, 2.24) is 10.2 Å². The van der Waals surface area contributed by atoms with E-state index in [2.05, 4.69) is 5.32 Å². The molecule has 1 N–H and O–H groups in total. The van der Waals surface area contributed by atoms with E-state index in [0.717, 1.165) is 15.7 Å². The lowest BCUT2D eigenvalue weighted by Gasteiger charge is -2.22. The second-order valence-corrected chi connectivity index (χ2v) is 7.83. The second kappa shape index (κ2) is 7.46. The minimum Gasteiger partial charge on any atom is -0.425 e. The number of urea groups is 1. The molecule has 3 aromatic carbocycles. The van der Waals surface area contributed by atoms with Gasteiger partial charge in [0.1, 0.15) is 17.8 Å². The van der Waals surface area contributed by atoms with Crippen LogP contribution in [0.15, 0.2) is 60.7 Å². The van der Waals surface area contributed by atoms with Crippen molar-refractivity contribution in [2.24, 2.45) is 0 Å². The van der Waals surface area contributed by atoms with Gasteiger partial charge in [-0.3, -0.25) is 9.69 Å². The van der Waals surface area contributed by atoms with Gasteiger partial charge in [-0.05, 0) is 60.0 Å². The number of amides is 3. The molecule has 0 radical (unpaired) electrons. The summed E-state index contributed by atoms with van der Waals surface area (Å²) < 4.78 is 5.32. The molecule has 152 valence electrons. The highest BCUT2D eigenvalue weighted by molar-refractivity contribution is 6.30. The van der Waals surface area contributed by atoms with Crippen molar-refractivity contribution in [2.45, 2.75) is 19.4 Å². The molecular formula is C23H19ClN2O4. The Labute approximate surface area is 178 Å². The van der Waals surface area contributed by atoms with Gasteiger partial charge < -0.3 is 10.1 Å². The highest BCUT2D eigenvalue weighted by Crippen LogP contribution is 2.31. The lowest BCUT2D eigenvalue weighted by molar-refractivity contribution is -0.141. The van der Waals surface area contributed by atoms with Crippen molar-refractivity contribution in [3.8, 4) is 5.75 Å². The summed E-state index contributed by atoms with van der Waals surface area (Å²) in [5, 5.41) is 5.21. The number of rotatable bonds is 4. The van der Waals surface area contributed by atoms with E-state index < -0.39 is 30.0 Å². The van der Waals surface area contributed by atoms with Crippen LogP contribution in [0.1, 0.15) is 18.1 Å². The van der Waals surface area contributed by atoms with Gasteiger partial charge in [0.05, 0.1) is 0 Å². The smallest absolute Gasteiger partial charge is 0.331 e. The quantitative estimate of drug-likeness (QED) is 0.389. The zero-order valence-electron chi connectivity index (χ0n) is 16.4. The molecule has 1 aliphatic heterocycles. The Hall–Kier alpha value is -3.38. The Kier molecular flexibility index (Phi) is 4.95. The van der Waals surface area contributed by atoms with E-state index in [1.165, 1.54) is 0 Å². The first-order valence-corrected chi connectivity index (χ1v) is 9.76. The SMILES string of the molecule is Cc1cc(Cl)ccc1OC(=O)CN1C(=O)NC(C)(c2ccc3ccccc3c2)C1=O. The maximum Gasteiger partial charge on any atom is 0.331 e. The predicted octanol–water partition coefficient (Wildman–Crippen LogP) is 4.17. The third kappa shape index (κ3) is 3.50. The minimum absolute atomic E-state index is 0.328.